The van der Waals surface area contributed by atoms with Crippen molar-refractivity contribution in [1.29, 1.82) is 0 Å². The molecule has 2 aromatic carbocycles. The van der Waals surface area contributed by atoms with Crippen molar-refractivity contribution < 1.29 is 9.53 Å². The number of amides is 1. The van der Waals surface area contributed by atoms with Crippen LogP contribution in [0.3, 0.4) is 0 Å². The Morgan fingerprint density at radius 3 is 2.44 bits per heavy atom. The Labute approximate surface area is 205 Å². The summed E-state index contributed by atoms with van der Waals surface area (Å²) in [5.74, 6) is 2.63. The highest BCUT2D eigenvalue weighted by Crippen LogP contribution is 2.41. The van der Waals surface area contributed by atoms with Crippen molar-refractivity contribution in [1.82, 2.24) is 20.1 Å². The first kappa shape index (κ1) is 23.0. The second-order valence-corrected chi connectivity index (χ2v) is 10.2. The van der Waals surface area contributed by atoms with Crippen LogP contribution in [-0.2, 0) is 4.79 Å². The molecule has 1 heterocycles. The van der Waals surface area contributed by atoms with Crippen LogP contribution in [0.4, 0.5) is 0 Å². The first-order chi connectivity index (χ1) is 16.7. The summed E-state index contributed by atoms with van der Waals surface area (Å²) in [5, 5.41) is 13.2. The van der Waals surface area contributed by atoms with Gasteiger partial charge in [0.1, 0.15) is 5.75 Å². The zero-order valence-electron chi connectivity index (χ0n) is 19.7. The number of thioether (sulfide) groups is 1. The lowest BCUT2D eigenvalue weighted by Crippen LogP contribution is -2.31. The summed E-state index contributed by atoms with van der Waals surface area (Å²) < 4.78 is 7.59. The third-order valence-electron chi connectivity index (χ3n) is 6.85. The topological polar surface area (TPSA) is 69.0 Å². The molecule has 1 amide bonds. The van der Waals surface area contributed by atoms with Crippen molar-refractivity contribution in [2.75, 3.05) is 12.9 Å². The fraction of sp³-hybridized carbons (Fsp3) is 0.444. The summed E-state index contributed by atoms with van der Waals surface area (Å²) in [7, 11) is 1.67. The fourth-order valence-corrected chi connectivity index (χ4v) is 5.71. The number of nitrogens with zero attached hydrogens (tertiary/aromatic N) is 3. The van der Waals surface area contributed by atoms with Crippen molar-refractivity contribution in [2.24, 2.45) is 5.92 Å². The minimum Gasteiger partial charge on any atom is -0.497 e. The van der Waals surface area contributed by atoms with E-state index in [0.29, 0.717) is 17.7 Å². The average Bonchev–Trinajstić information content (AvgIpc) is 3.65. The monoisotopic (exact) mass is 476 g/mol. The van der Waals surface area contributed by atoms with E-state index in [1.807, 2.05) is 42.5 Å². The Morgan fingerprint density at radius 2 is 1.76 bits per heavy atom. The molecule has 2 aliphatic carbocycles. The third-order valence-corrected chi connectivity index (χ3v) is 7.80. The summed E-state index contributed by atoms with van der Waals surface area (Å²) >= 11 is 1.49. The Hall–Kier alpha value is -2.80. The molecule has 1 atom stereocenters. The predicted molar refractivity (Wildman–Crippen MR) is 135 cm³/mol. The number of benzene rings is 2. The molecule has 5 rings (SSSR count). The van der Waals surface area contributed by atoms with Gasteiger partial charge in [-0.2, -0.15) is 0 Å². The molecular weight excluding hydrogens is 444 g/mol. The molecule has 0 radical (unpaired) electrons. The smallest absolute Gasteiger partial charge is 0.230 e. The van der Waals surface area contributed by atoms with Gasteiger partial charge in [0.25, 0.3) is 0 Å². The van der Waals surface area contributed by atoms with E-state index < -0.39 is 0 Å². The maximum atomic E-state index is 13.0. The van der Waals surface area contributed by atoms with Gasteiger partial charge in [0.05, 0.1) is 18.9 Å². The highest BCUT2D eigenvalue weighted by atomic mass is 32.2. The van der Waals surface area contributed by atoms with Gasteiger partial charge in [0, 0.05) is 11.6 Å². The zero-order valence-corrected chi connectivity index (χ0v) is 20.5. The summed E-state index contributed by atoms with van der Waals surface area (Å²) in [6.07, 6.45) is 8.31. The van der Waals surface area contributed by atoms with Gasteiger partial charge in [-0.15, -0.1) is 10.2 Å². The first-order valence-electron chi connectivity index (χ1n) is 12.3. The second-order valence-electron chi connectivity index (χ2n) is 9.28. The van der Waals surface area contributed by atoms with Crippen molar-refractivity contribution in [3.05, 3.63) is 60.2 Å². The Morgan fingerprint density at radius 1 is 1.03 bits per heavy atom. The van der Waals surface area contributed by atoms with Crippen LogP contribution in [0.2, 0.25) is 0 Å². The summed E-state index contributed by atoms with van der Waals surface area (Å²) in [6.45, 7) is 0. The van der Waals surface area contributed by atoms with E-state index in [4.69, 9.17) is 4.74 Å². The van der Waals surface area contributed by atoms with E-state index >= 15 is 0 Å². The fourth-order valence-electron chi connectivity index (χ4n) is 4.89. The van der Waals surface area contributed by atoms with E-state index in [2.05, 4.69) is 32.2 Å². The van der Waals surface area contributed by atoms with Crippen LogP contribution in [0.1, 0.15) is 62.6 Å². The number of methoxy groups -OCH3 is 1. The van der Waals surface area contributed by atoms with E-state index in [1.165, 1.54) is 49.4 Å². The van der Waals surface area contributed by atoms with Gasteiger partial charge in [0.2, 0.25) is 5.91 Å². The van der Waals surface area contributed by atoms with Crippen LogP contribution < -0.4 is 10.1 Å². The molecule has 2 fully saturated rings. The quantitative estimate of drug-likeness (QED) is 0.394. The number of hydrogen-bond acceptors (Lipinski definition) is 5. The Kier molecular flexibility index (Phi) is 7.19. The van der Waals surface area contributed by atoms with Crippen molar-refractivity contribution >= 4 is 17.7 Å². The lowest BCUT2D eigenvalue weighted by molar-refractivity contribution is -0.119. The van der Waals surface area contributed by atoms with E-state index in [9.17, 15) is 4.79 Å². The minimum atomic E-state index is 0.0509. The normalized spacial score (nSPS) is 17.3. The third kappa shape index (κ3) is 5.30. The number of aromatic nitrogens is 3. The molecule has 1 unspecified atom stereocenters. The molecule has 0 bridgehead atoms. The van der Waals surface area contributed by atoms with Crippen LogP contribution in [0, 0.1) is 5.92 Å². The number of carbonyl (C=O) groups excluding carboxylic acids is 1. The highest BCUT2D eigenvalue weighted by molar-refractivity contribution is 7.99. The second kappa shape index (κ2) is 10.6. The van der Waals surface area contributed by atoms with Crippen molar-refractivity contribution in [3.63, 3.8) is 0 Å². The summed E-state index contributed by atoms with van der Waals surface area (Å²) in [6, 6.07) is 18.8. The average molecular weight is 477 g/mol. The van der Waals surface area contributed by atoms with Crippen LogP contribution in [0.25, 0.3) is 11.4 Å². The molecule has 1 aromatic heterocycles. The molecule has 6 nitrogen and oxygen atoms in total. The molecule has 0 aliphatic heterocycles. The number of ether oxygens (including phenoxy) is 1. The predicted octanol–water partition coefficient (Wildman–Crippen LogP) is 5.82. The van der Waals surface area contributed by atoms with Crippen LogP contribution >= 0.6 is 11.8 Å². The van der Waals surface area contributed by atoms with Crippen LogP contribution in [0.5, 0.6) is 5.75 Å². The standard InChI is InChI=1S/C27H32N4O2S/c1-33-23-16-14-21(15-17-23)26-29-30-27(31(26)22-10-6-3-7-11-22)34-18-24(32)28-25(20-12-13-20)19-8-4-2-5-9-19/h2,4-5,8-9,14-17,20,22,25H,3,6-7,10-13,18H2,1H3,(H,28,32). The molecule has 2 saturated carbocycles. The molecule has 3 aromatic rings. The first-order valence-corrected chi connectivity index (χ1v) is 13.3. The zero-order chi connectivity index (χ0) is 23.3. The molecule has 178 valence electrons. The van der Waals surface area contributed by atoms with Gasteiger partial charge in [0.15, 0.2) is 11.0 Å². The van der Waals surface area contributed by atoms with Gasteiger partial charge in [-0.05, 0) is 61.4 Å². The van der Waals surface area contributed by atoms with Crippen LogP contribution in [-0.4, -0.2) is 33.5 Å². The van der Waals surface area contributed by atoms with Crippen LogP contribution in [0.15, 0.2) is 59.8 Å². The summed E-state index contributed by atoms with van der Waals surface area (Å²) in [5.41, 5.74) is 2.21. The largest absolute Gasteiger partial charge is 0.497 e. The van der Waals surface area contributed by atoms with Crippen molar-refractivity contribution in [2.45, 2.75) is 62.2 Å². The molecule has 0 spiro atoms. The van der Waals surface area contributed by atoms with E-state index in [-0.39, 0.29) is 11.9 Å². The maximum absolute atomic E-state index is 13.0. The summed E-state index contributed by atoms with van der Waals surface area (Å²) in [4.78, 5) is 13.0. The molecule has 0 saturated heterocycles. The Balaban J connectivity index is 1.32. The van der Waals surface area contributed by atoms with Gasteiger partial charge >= 0.3 is 0 Å². The SMILES string of the molecule is COc1ccc(-c2nnc(SCC(=O)NC(c3ccccc3)C3CC3)n2C2CCCCC2)cc1. The lowest BCUT2D eigenvalue weighted by Gasteiger charge is -2.25. The van der Waals surface area contributed by atoms with E-state index in [1.54, 1.807) is 7.11 Å². The maximum Gasteiger partial charge on any atom is 0.230 e. The number of nitrogens with one attached hydrogen (secondary N) is 1. The number of carbonyl (C=O) groups is 1. The molecule has 1 N–H and O–H groups in total. The Bertz CT molecular complexity index is 1090. The van der Waals surface area contributed by atoms with Gasteiger partial charge in [-0.25, -0.2) is 0 Å². The van der Waals surface area contributed by atoms with Gasteiger partial charge in [-0.1, -0.05) is 61.4 Å². The minimum absolute atomic E-state index is 0.0509. The lowest BCUT2D eigenvalue weighted by atomic mass is 9.95. The molecule has 34 heavy (non-hydrogen) atoms. The van der Waals surface area contributed by atoms with Gasteiger partial charge in [-0.3, -0.25) is 9.36 Å². The van der Waals surface area contributed by atoms with Crippen molar-refractivity contribution in [3.8, 4) is 17.1 Å². The molecule has 2 aliphatic rings. The highest BCUT2D eigenvalue weighted by Gasteiger charge is 2.33. The molecular formula is C27H32N4O2S. The van der Waals surface area contributed by atoms with Gasteiger partial charge < -0.3 is 10.1 Å². The number of rotatable bonds is 9. The molecule has 7 heteroatoms. The van der Waals surface area contributed by atoms with E-state index in [0.717, 1.165) is 35.1 Å². The number of hydrogen-bond donors (Lipinski definition) is 1.